The number of hydrogen-bond donors (Lipinski definition) is 11. The molecule has 2 aliphatic heterocycles. The zero-order valence-electron chi connectivity index (χ0n) is 54.9. The summed E-state index contributed by atoms with van der Waals surface area (Å²) >= 11 is 0. The van der Waals surface area contributed by atoms with Gasteiger partial charge in [-0.1, -0.05) is 12.1 Å². The lowest BCUT2D eigenvalue weighted by Crippen LogP contribution is -2.58. The number of fused-ring (bicyclic) bond motifs is 2. The lowest BCUT2D eigenvalue weighted by molar-refractivity contribution is -0.132. The first-order chi connectivity index (χ1) is 50.7. The number of nitrogens with one attached hydrogen (secondary N) is 6. The molecule has 2 saturated heterocycles. The summed E-state index contributed by atoms with van der Waals surface area (Å²) in [5, 5.41) is 58.7. The van der Waals surface area contributed by atoms with E-state index in [1.807, 2.05) is 0 Å². The van der Waals surface area contributed by atoms with Crippen LogP contribution in [0.1, 0.15) is 31.8 Å². The summed E-state index contributed by atoms with van der Waals surface area (Å²) in [5.41, 5.74) is 2.02. The lowest BCUT2D eigenvalue weighted by atomic mass is 10.1. The standard InChI is InChI=1S/C63H54N18O22S4/c1-32-21-48(67-56(82)34-3-8-38(9-4-34)74-80-54-58(84)69-62(66-31-64)70-59(54)85)50(29-46(32)78-76-40-13-14-44-37(23-40)25-43(105(91,92)93)27-52(44)106(94,95)96)102-19-17-100-15-16-101-18-20-103-51-30-47(79-77-41-12-7-36-24-42(104(88,89)90)28-53(45(36)26-41)107(97,98)99)33(2)22-49(51)68-57(83)35-5-10-39(11-6-35)75-81-55-60(86)71-63(73-65)72-61(55)87/h3-14,21-30,54-55H,15-20,65H2,1-2H3,(H,67,82)(H,68,83)(H,88,89,90)(H,91,92,93)(H,94,95,96)(H,97,98,99)(H2,66,69,70,84,85)(H2,71,72,73,86,87)/b78-76+,79-77+,80-74+,81-75+. The Morgan fingerprint density at radius 3 is 1.30 bits per heavy atom. The second-order valence-corrected chi connectivity index (χ2v) is 28.0. The van der Waals surface area contributed by atoms with Crippen LogP contribution >= 0.6 is 0 Å². The molecule has 0 aromatic heterocycles. The number of benzene rings is 8. The van der Waals surface area contributed by atoms with E-state index in [0.717, 1.165) is 12.1 Å². The van der Waals surface area contributed by atoms with Gasteiger partial charge in [-0.3, -0.25) is 68.2 Å². The van der Waals surface area contributed by atoms with E-state index in [-0.39, 0.29) is 141 Å². The van der Waals surface area contributed by atoms with Crippen LogP contribution in [0.5, 0.6) is 11.5 Å². The molecule has 107 heavy (non-hydrogen) atoms. The molecule has 44 heteroatoms. The smallest absolute Gasteiger partial charge is 0.295 e. The zero-order chi connectivity index (χ0) is 77.1. The number of anilines is 2. The molecule has 2 aliphatic rings. The van der Waals surface area contributed by atoms with Gasteiger partial charge in [0, 0.05) is 34.0 Å². The first-order valence-electron chi connectivity index (χ1n) is 30.4. The molecule has 552 valence electrons. The topological polar surface area (TPSA) is 602 Å². The van der Waals surface area contributed by atoms with Crippen molar-refractivity contribution in [3.05, 3.63) is 156 Å². The van der Waals surface area contributed by atoms with E-state index in [9.17, 15) is 80.6 Å². The third kappa shape index (κ3) is 19.6. The normalized spacial score (nSPS) is 15.1. The Balaban J connectivity index is 0.814. The maximum Gasteiger partial charge on any atom is 0.295 e. The van der Waals surface area contributed by atoms with Crippen molar-refractivity contribution in [2.75, 3.05) is 50.3 Å². The van der Waals surface area contributed by atoms with Gasteiger partial charge in [0.2, 0.25) is 30.2 Å². The number of carbonyl (C=O) groups is 6. The first kappa shape index (κ1) is 76.9. The van der Waals surface area contributed by atoms with Gasteiger partial charge in [0.05, 0.1) is 81.7 Å². The summed E-state index contributed by atoms with van der Waals surface area (Å²) in [5.74, 6) is -0.201. The molecule has 12 N–H and O–H groups in total. The number of nitriles is 1. The average molecular weight is 1540 g/mol. The Morgan fingerprint density at radius 2 is 0.869 bits per heavy atom. The van der Waals surface area contributed by atoms with Gasteiger partial charge < -0.3 is 35.4 Å². The monoisotopic (exact) mass is 1540 g/mol. The third-order valence-corrected chi connectivity index (χ3v) is 18.4. The Labute approximate surface area is 604 Å². The van der Waals surface area contributed by atoms with Crippen LogP contribution in [0.3, 0.4) is 0 Å². The van der Waals surface area contributed by atoms with Crippen LogP contribution in [0.15, 0.2) is 204 Å². The predicted octanol–water partition coefficient (Wildman–Crippen LogP) is 6.89. The fourth-order valence-electron chi connectivity index (χ4n) is 9.82. The minimum Gasteiger partial charge on any atom is -0.489 e. The second-order valence-electron chi connectivity index (χ2n) is 22.4. The van der Waals surface area contributed by atoms with Crippen LogP contribution in [-0.2, 0) is 69.1 Å². The number of aliphatic imine (C=N–C) groups is 1. The van der Waals surface area contributed by atoms with Crippen LogP contribution in [0, 0.1) is 25.3 Å². The summed E-state index contributed by atoms with van der Waals surface area (Å²) in [6.45, 7) is 2.78. The lowest BCUT2D eigenvalue weighted by Gasteiger charge is -2.18. The molecule has 2 fully saturated rings. The fraction of sp³-hybridized carbons (Fsp3) is 0.159. The van der Waals surface area contributed by atoms with E-state index in [2.05, 4.69) is 82.9 Å². The number of nitrogens with zero attached hydrogens (tertiary/aromatic N) is 11. The van der Waals surface area contributed by atoms with E-state index in [0.29, 0.717) is 23.3 Å². The summed E-state index contributed by atoms with van der Waals surface area (Å²) in [6, 6.07) is 24.5. The van der Waals surface area contributed by atoms with Gasteiger partial charge in [-0.25, -0.2) is 0 Å². The molecular weight excluding hydrogens is 1490 g/mol. The summed E-state index contributed by atoms with van der Waals surface area (Å²) < 4.78 is 160. The van der Waals surface area contributed by atoms with Crippen molar-refractivity contribution in [2.45, 2.75) is 45.5 Å². The maximum absolute atomic E-state index is 13.8. The third-order valence-electron chi connectivity index (χ3n) is 15.0. The van der Waals surface area contributed by atoms with Gasteiger partial charge in [0.15, 0.2) is 0 Å². The van der Waals surface area contributed by atoms with E-state index < -0.39 is 108 Å². The Morgan fingerprint density at radius 1 is 0.467 bits per heavy atom. The van der Waals surface area contributed by atoms with Gasteiger partial charge in [-0.2, -0.15) is 79.8 Å². The highest BCUT2D eigenvalue weighted by atomic mass is 32.2. The van der Waals surface area contributed by atoms with Gasteiger partial charge >= 0.3 is 0 Å². The van der Waals surface area contributed by atoms with E-state index in [1.165, 1.54) is 115 Å². The molecule has 0 aliphatic carbocycles. The predicted molar refractivity (Wildman–Crippen MR) is 373 cm³/mol. The van der Waals surface area contributed by atoms with Gasteiger partial charge in [0.25, 0.3) is 75.9 Å². The summed E-state index contributed by atoms with van der Waals surface area (Å²) in [6.07, 6.45) is 1.43. The minimum atomic E-state index is -5.05. The van der Waals surface area contributed by atoms with Crippen molar-refractivity contribution in [1.29, 1.82) is 5.26 Å². The highest BCUT2D eigenvalue weighted by Gasteiger charge is 2.35. The number of hydrogen-bond acceptors (Lipinski definition) is 30. The number of aryl methyl sites for hydroxylation is 2. The summed E-state index contributed by atoms with van der Waals surface area (Å²) in [7, 11) is -19.9. The average Bonchev–Trinajstić information content (AvgIpc) is 0.772. The Bertz CT molecular complexity index is 5660. The molecule has 0 saturated carbocycles. The van der Waals surface area contributed by atoms with Crippen molar-refractivity contribution < 1.29 is 99.6 Å². The quantitative estimate of drug-likeness (QED) is 0.00475. The molecule has 8 aromatic rings. The van der Waals surface area contributed by atoms with Crippen molar-refractivity contribution in [2.24, 2.45) is 56.9 Å². The molecule has 0 atom stereocenters. The van der Waals surface area contributed by atoms with Gasteiger partial charge in [-0.15, -0.1) is 10.1 Å². The number of rotatable bonds is 27. The highest BCUT2D eigenvalue weighted by molar-refractivity contribution is 7.87. The van der Waals surface area contributed by atoms with E-state index in [4.69, 9.17) is 30.1 Å². The molecule has 6 amide bonds. The SMILES string of the molecule is Cc1cc(NC(=O)c2ccc(/N=N/C3C(=O)NC(=NC#N)NC3=O)cc2)c(OCCOCCOCCOc2cc(/N=N/c3ccc4cc(S(=O)(=O)O)cc(S(=O)(=O)O)c4c3)c(C)cc2NC(=O)c2ccc(/N=N/C3C(=O)NC(=NN)NC3=O)cc2)cc1/N=N/c1ccc2c(S(=O)(=O)O)cc(S(=O)(=O)O)cc2c1. The van der Waals surface area contributed by atoms with Crippen molar-refractivity contribution in [3.63, 3.8) is 0 Å². The molecule has 8 aromatic carbocycles. The number of nitrogens with two attached hydrogens (primary N) is 1. The number of azo groups is 4. The van der Waals surface area contributed by atoms with Crippen molar-refractivity contribution in [1.82, 2.24) is 21.3 Å². The Kier molecular flexibility index (Phi) is 23.4. The highest BCUT2D eigenvalue weighted by Crippen LogP contribution is 2.39. The number of guanidine groups is 2. The first-order valence-corrected chi connectivity index (χ1v) is 36.2. The van der Waals surface area contributed by atoms with Crippen LogP contribution < -0.4 is 47.2 Å². The van der Waals surface area contributed by atoms with Crippen molar-refractivity contribution >= 4 is 155 Å². The molecule has 0 bridgehead atoms. The number of carbonyl (C=O) groups excluding carboxylic acids is 6. The molecule has 0 radical (unpaired) electrons. The number of ether oxygens (including phenoxy) is 4. The number of amides is 6. The van der Waals surface area contributed by atoms with Crippen molar-refractivity contribution in [3.8, 4) is 17.7 Å². The van der Waals surface area contributed by atoms with E-state index >= 15 is 0 Å². The fourth-order valence-corrected chi connectivity index (χ4v) is 12.5. The minimum absolute atomic E-state index is 0.000144. The summed E-state index contributed by atoms with van der Waals surface area (Å²) in [4.78, 5) is 77.2. The van der Waals surface area contributed by atoms with Crippen LogP contribution in [0.25, 0.3) is 21.5 Å². The Hall–Kier alpha value is -12.7. The van der Waals surface area contributed by atoms with Gasteiger partial charge in [0.1, 0.15) is 34.5 Å². The second kappa shape index (κ2) is 32.5. The molecule has 40 nitrogen and oxygen atoms in total. The maximum atomic E-state index is 13.8. The van der Waals surface area contributed by atoms with E-state index in [1.54, 1.807) is 13.8 Å². The molecule has 0 spiro atoms. The molecule has 2 heterocycles. The van der Waals surface area contributed by atoms with Crippen LogP contribution in [0.2, 0.25) is 0 Å². The molecular formula is C63H54N18O22S4. The largest absolute Gasteiger partial charge is 0.489 e. The van der Waals surface area contributed by atoms with Crippen LogP contribution in [0.4, 0.5) is 45.5 Å². The molecule has 0 unspecified atom stereocenters. The molecule has 10 rings (SSSR count). The zero-order valence-corrected chi connectivity index (χ0v) is 58.1. The van der Waals surface area contributed by atoms with Crippen LogP contribution in [-0.4, -0.2) is 151 Å². The number of hydrazone groups is 1. The van der Waals surface area contributed by atoms with Gasteiger partial charge in [-0.05, 0) is 145 Å².